The Morgan fingerprint density at radius 1 is 1.75 bits per heavy atom. The summed E-state index contributed by atoms with van der Waals surface area (Å²) in [5, 5.41) is 8.92. The van der Waals surface area contributed by atoms with Crippen molar-refractivity contribution < 1.29 is 9.90 Å². The zero-order valence-corrected chi connectivity index (χ0v) is 7.52. The summed E-state index contributed by atoms with van der Waals surface area (Å²) in [6, 6.07) is 0. The molecule has 0 fully saturated rings. The molecule has 12 heavy (non-hydrogen) atoms. The molecule has 1 N–H and O–H groups in total. The summed E-state index contributed by atoms with van der Waals surface area (Å²) in [5.74, 6) is -0.453. The van der Waals surface area contributed by atoms with Gasteiger partial charge in [-0.15, -0.1) is 11.3 Å². The van der Waals surface area contributed by atoms with Crippen LogP contribution in [0.15, 0.2) is 0 Å². The van der Waals surface area contributed by atoms with Gasteiger partial charge in [0.1, 0.15) is 0 Å². The largest absolute Gasteiger partial charge is 0.476 e. The van der Waals surface area contributed by atoms with Gasteiger partial charge in [-0.1, -0.05) is 6.92 Å². The maximum absolute atomic E-state index is 10.6. The van der Waals surface area contributed by atoms with Crippen LogP contribution in [0.4, 0.5) is 0 Å². The monoisotopic (exact) mass is 183 g/mol. The van der Waals surface area contributed by atoms with E-state index in [0.29, 0.717) is 5.92 Å². The van der Waals surface area contributed by atoms with Crippen LogP contribution in [-0.4, -0.2) is 16.1 Å². The number of nitrogens with zero attached hydrogens (tertiary/aromatic N) is 1. The number of rotatable bonds is 1. The van der Waals surface area contributed by atoms with Crippen LogP contribution < -0.4 is 0 Å². The van der Waals surface area contributed by atoms with E-state index in [1.807, 2.05) is 0 Å². The smallest absolute Gasteiger partial charge is 0.365 e. The molecule has 0 saturated carbocycles. The van der Waals surface area contributed by atoms with Crippen molar-refractivity contribution in [1.29, 1.82) is 0 Å². The topological polar surface area (TPSA) is 50.2 Å². The number of aryl methyl sites for hydroxylation is 1. The Morgan fingerprint density at radius 2 is 2.50 bits per heavy atom. The average molecular weight is 183 g/mol. The van der Waals surface area contributed by atoms with E-state index in [9.17, 15) is 4.79 Å². The van der Waals surface area contributed by atoms with Crippen molar-refractivity contribution in [2.45, 2.75) is 25.7 Å². The summed E-state index contributed by atoms with van der Waals surface area (Å²) in [7, 11) is 0. The highest BCUT2D eigenvalue weighted by atomic mass is 32.1. The number of thiazole rings is 1. The summed E-state index contributed by atoms with van der Waals surface area (Å²) in [6.07, 6.45) is 2.12. The van der Waals surface area contributed by atoms with Crippen LogP contribution >= 0.6 is 11.3 Å². The van der Waals surface area contributed by atoms with Gasteiger partial charge in [0, 0.05) is 4.88 Å². The molecule has 0 radical (unpaired) electrons. The Hall–Kier alpha value is -0.900. The molecule has 0 saturated heterocycles. The summed E-state index contributed by atoms with van der Waals surface area (Å²) in [4.78, 5) is 15.8. The number of hydrogen-bond acceptors (Lipinski definition) is 3. The van der Waals surface area contributed by atoms with Gasteiger partial charge in [0.15, 0.2) is 0 Å². The van der Waals surface area contributed by atoms with Gasteiger partial charge < -0.3 is 5.11 Å². The standard InChI is InChI=1S/C8H9NO2S/c1-4-2-3-5-6(4)9-7(12-5)8(10)11/h4H,2-3H2,1H3,(H,10,11). The van der Waals surface area contributed by atoms with Crippen LogP contribution in [0.3, 0.4) is 0 Å². The highest BCUT2D eigenvalue weighted by molar-refractivity contribution is 7.13. The van der Waals surface area contributed by atoms with Crippen LogP contribution in [0.1, 0.15) is 39.6 Å². The van der Waals surface area contributed by atoms with Gasteiger partial charge >= 0.3 is 5.97 Å². The molecule has 64 valence electrons. The number of carboxylic acids is 1. The fourth-order valence-electron chi connectivity index (χ4n) is 1.50. The molecular formula is C8H9NO2S. The maximum Gasteiger partial charge on any atom is 0.365 e. The second kappa shape index (κ2) is 2.55. The first-order chi connectivity index (χ1) is 5.68. The van der Waals surface area contributed by atoms with Gasteiger partial charge in [-0.3, -0.25) is 0 Å². The molecule has 1 aliphatic carbocycles. The van der Waals surface area contributed by atoms with E-state index in [0.717, 1.165) is 18.5 Å². The molecule has 3 nitrogen and oxygen atoms in total. The normalized spacial score (nSPS) is 20.9. The first kappa shape index (κ1) is 7.73. The van der Waals surface area contributed by atoms with Crippen molar-refractivity contribution in [1.82, 2.24) is 4.98 Å². The Morgan fingerprint density at radius 3 is 3.08 bits per heavy atom. The fraction of sp³-hybridized carbons (Fsp3) is 0.500. The summed E-state index contributed by atoms with van der Waals surface area (Å²) in [6.45, 7) is 2.09. The molecule has 0 bridgehead atoms. The maximum atomic E-state index is 10.6. The van der Waals surface area contributed by atoms with Gasteiger partial charge in [0.05, 0.1) is 5.69 Å². The van der Waals surface area contributed by atoms with Gasteiger partial charge in [-0.05, 0) is 18.8 Å². The zero-order valence-electron chi connectivity index (χ0n) is 6.70. The van der Waals surface area contributed by atoms with E-state index in [4.69, 9.17) is 5.11 Å². The second-order valence-electron chi connectivity index (χ2n) is 3.07. The van der Waals surface area contributed by atoms with Crippen LogP contribution in [0.5, 0.6) is 0 Å². The summed E-state index contributed by atoms with van der Waals surface area (Å²) < 4.78 is 0. The van der Waals surface area contributed by atoms with Gasteiger partial charge in [0.2, 0.25) is 5.01 Å². The molecule has 1 aromatic rings. The van der Waals surface area contributed by atoms with Crippen molar-refractivity contribution in [3.8, 4) is 0 Å². The lowest BCUT2D eigenvalue weighted by molar-refractivity contribution is 0.0696. The molecule has 1 atom stereocenters. The van der Waals surface area contributed by atoms with Crippen LogP contribution in [0.25, 0.3) is 0 Å². The van der Waals surface area contributed by atoms with Crippen molar-refractivity contribution in [3.05, 3.63) is 15.6 Å². The van der Waals surface area contributed by atoms with Crippen LogP contribution in [0.2, 0.25) is 0 Å². The lowest BCUT2D eigenvalue weighted by Gasteiger charge is -1.96. The molecule has 0 amide bonds. The first-order valence-corrected chi connectivity index (χ1v) is 4.73. The third kappa shape index (κ3) is 1.03. The lowest BCUT2D eigenvalue weighted by atomic mass is 10.1. The Balaban J connectivity index is 2.43. The molecule has 0 spiro atoms. The first-order valence-electron chi connectivity index (χ1n) is 3.91. The van der Waals surface area contributed by atoms with Gasteiger partial charge in [0.25, 0.3) is 0 Å². The predicted molar refractivity (Wildman–Crippen MR) is 45.8 cm³/mol. The second-order valence-corrected chi connectivity index (χ2v) is 4.16. The lowest BCUT2D eigenvalue weighted by Crippen LogP contribution is -1.96. The number of aromatic nitrogens is 1. The van der Waals surface area contributed by atoms with E-state index >= 15 is 0 Å². The molecule has 1 unspecified atom stereocenters. The Kier molecular flexibility index (Phi) is 1.65. The third-order valence-electron chi connectivity index (χ3n) is 2.18. The highest BCUT2D eigenvalue weighted by Crippen LogP contribution is 2.35. The molecule has 1 heterocycles. The van der Waals surface area contributed by atoms with Crippen molar-refractivity contribution in [2.75, 3.05) is 0 Å². The number of hydrogen-bond donors (Lipinski definition) is 1. The molecule has 1 aliphatic rings. The van der Waals surface area contributed by atoms with Crippen molar-refractivity contribution >= 4 is 17.3 Å². The average Bonchev–Trinajstić information content (AvgIpc) is 2.53. The van der Waals surface area contributed by atoms with Gasteiger partial charge in [-0.2, -0.15) is 0 Å². The number of aromatic carboxylic acids is 1. The number of carboxylic acid groups (broad SMARTS) is 1. The van der Waals surface area contributed by atoms with Crippen molar-refractivity contribution in [3.63, 3.8) is 0 Å². The van der Waals surface area contributed by atoms with E-state index in [2.05, 4.69) is 11.9 Å². The van der Waals surface area contributed by atoms with Crippen molar-refractivity contribution in [2.24, 2.45) is 0 Å². The van der Waals surface area contributed by atoms with E-state index < -0.39 is 5.97 Å². The molecule has 1 aromatic heterocycles. The molecule has 0 aromatic carbocycles. The minimum Gasteiger partial charge on any atom is -0.476 e. The minimum atomic E-state index is -0.901. The Bertz CT molecular complexity index is 332. The Labute approximate surface area is 74.1 Å². The highest BCUT2D eigenvalue weighted by Gasteiger charge is 2.25. The van der Waals surface area contributed by atoms with Gasteiger partial charge in [-0.25, -0.2) is 9.78 Å². The van der Waals surface area contributed by atoms with E-state index in [-0.39, 0.29) is 5.01 Å². The molecule has 2 rings (SSSR count). The zero-order chi connectivity index (χ0) is 8.72. The minimum absolute atomic E-state index is 0.242. The van der Waals surface area contributed by atoms with E-state index in [1.54, 1.807) is 0 Å². The fourth-order valence-corrected chi connectivity index (χ4v) is 2.54. The SMILES string of the molecule is CC1CCc2sc(C(=O)O)nc21. The number of carbonyl (C=O) groups is 1. The van der Waals surface area contributed by atoms with Crippen LogP contribution in [-0.2, 0) is 6.42 Å². The predicted octanol–water partition coefficient (Wildman–Crippen LogP) is 1.89. The molecular weight excluding hydrogens is 174 g/mol. The summed E-state index contributed by atoms with van der Waals surface area (Å²) in [5.41, 5.74) is 1.01. The van der Waals surface area contributed by atoms with E-state index in [1.165, 1.54) is 16.2 Å². The number of fused-ring (bicyclic) bond motifs is 1. The summed E-state index contributed by atoms with van der Waals surface area (Å²) >= 11 is 1.32. The van der Waals surface area contributed by atoms with Crippen LogP contribution in [0, 0.1) is 0 Å². The molecule has 0 aliphatic heterocycles. The quantitative estimate of drug-likeness (QED) is 0.723. The molecule has 4 heteroatoms. The third-order valence-corrected chi connectivity index (χ3v) is 3.30.